The first-order valence-electron chi connectivity index (χ1n) is 8.63. The molecule has 0 aliphatic carbocycles. The summed E-state index contributed by atoms with van der Waals surface area (Å²) in [6.07, 6.45) is 4.61. The molecule has 3 rings (SSSR count). The molecular weight excluding hydrogens is 477 g/mol. The highest BCUT2D eigenvalue weighted by atomic mass is 127. The first kappa shape index (κ1) is 21.6. The van der Waals surface area contributed by atoms with Gasteiger partial charge in [-0.3, -0.25) is 0 Å². The van der Waals surface area contributed by atoms with Gasteiger partial charge in [-0.2, -0.15) is 4.31 Å². The van der Waals surface area contributed by atoms with Gasteiger partial charge in [0.05, 0.1) is 11.4 Å². The number of pyridine rings is 1. The van der Waals surface area contributed by atoms with Crippen molar-refractivity contribution >= 4 is 45.8 Å². The molecule has 1 aliphatic heterocycles. The average molecular weight is 501 g/mol. The number of nitrogens with two attached hydrogens (primary N) is 1. The molecule has 2 heterocycles. The van der Waals surface area contributed by atoms with E-state index in [1.807, 2.05) is 12.1 Å². The van der Waals surface area contributed by atoms with Crippen molar-refractivity contribution in [2.45, 2.75) is 30.7 Å². The normalized spacial score (nSPS) is 15.8. The molecule has 9 heteroatoms. The molecule has 1 aromatic heterocycles. The second kappa shape index (κ2) is 10.00. The van der Waals surface area contributed by atoms with Crippen molar-refractivity contribution in [1.29, 1.82) is 0 Å². The van der Waals surface area contributed by atoms with Gasteiger partial charge in [0.15, 0.2) is 5.96 Å². The van der Waals surface area contributed by atoms with E-state index in [9.17, 15) is 8.42 Å². The van der Waals surface area contributed by atoms with Gasteiger partial charge in [-0.15, -0.1) is 24.0 Å². The summed E-state index contributed by atoms with van der Waals surface area (Å²) < 4.78 is 26.8. The van der Waals surface area contributed by atoms with Crippen molar-refractivity contribution in [1.82, 2.24) is 9.29 Å². The molecule has 0 saturated carbocycles. The van der Waals surface area contributed by atoms with Gasteiger partial charge in [0, 0.05) is 19.3 Å². The number of nitrogens with zero attached hydrogens (tertiary/aromatic N) is 3. The van der Waals surface area contributed by atoms with Crippen molar-refractivity contribution < 1.29 is 8.42 Å². The summed E-state index contributed by atoms with van der Waals surface area (Å²) in [5.41, 5.74) is 6.73. The molecule has 0 unspecified atom stereocenters. The minimum atomic E-state index is -3.40. The maximum Gasteiger partial charge on any atom is 0.243 e. The zero-order valence-corrected chi connectivity index (χ0v) is 18.1. The average Bonchev–Trinajstić information content (AvgIpc) is 2.68. The molecule has 0 amide bonds. The molecular formula is C18H24IN5O2S. The third-order valence-electron chi connectivity index (χ3n) is 4.23. The standard InChI is InChI=1S/C18H23N5O2S.HI/c19-18(22-17-6-2-3-11-20-17)21-14-15-7-9-16(10-8-15)26(24,25)23-12-4-1-5-13-23;/h2-3,6-11H,1,4-5,12-14H2,(H3,19,20,21,22);1H. The van der Waals surface area contributed by atoms with E-state index in [4.69, 9.17) is 5.73 Å². The lowest BCUT2D eigenvalue weighted by molar-refractivity contribution is 0.346. The predicted molar refractivity (Wildman–Crippen MR) is 118 cm³/mol. The molecule has 7 nitrogen and oxygen atoms in total. The van der Waals surface area contributed by atoms with E-state index in [1.165, 1.54) is 0 Å². The van der Waals surface area contributed by atoms with Crippen molar-refractivity contribution in [3.05, 3.63) is 54.2 Å². The van der Waals surface area contributed by atoms with Gasteiger partial charge in [0.2, 0.25) is 10.0 Å². The van der Waals surface area contributed by atoms with Crippen LogP contribution in [0.15, 0.2) is 58.5 Å². The van der Waals surface area contributed by atoms with E-state index in [-0.39, 0.29) is 29.9 Å². The fourth-order valence-corrected chi connectivity index (χ4v) is 4.32. The topological polar surface area (TPSA) is 101 Å². The molecule has 2 aromatic rings. The zero-order chi connectivity index (χ0) is 18.4. The maximum atomic E-state index is 12.6. The smallest absolute Gasteiger partial charge is 0.243 e. The van der Waals surface area contributed by atoms with Crippen molar-refractivity contribution in [3.8, 4) is 0 Å². The molecule has 0 atom stereocenters. The van der Waals surface area contributed by atoms with Crippen LogP contribution < -0.4 is 11.1 Å². The number of aliphatic imine (C=N–C) groups is 1. The number of guanidine groups is 1. The second-order valence-corrected chi connectivity index (χ2v) is 8.09. The SMILES string of the molecule is I.NC(=NCc1ccc(S(=O)(=O)N2CCCCC2)cc1)Nc1ccccn1. The molecule has 3 N–H and O–H groups in total. The summed E-state index contributed by atoms with van der Waals surface area (Å²) in [7, 11) is -3.40. The number of hydrogen-bond donors (Lipinski definition) is 2. The Morgan fingerprint density at radius 2 is 1.81 bits per heavy atom. The fraction of sp³-hybridized carbons (Fsp3) is 0.333. The van der Waals surface area contributed by atoms with Gasteiger partial charge in [0.25, 0.3) is 0 Å². The van der Waals surface area contributed by atoms with Gasteiger partial charge in [-0.1, -0.05) is 24.6 Å². The molecule has 1 saturated heterocycles. The van der Waals surface area contributed by atoms with E-state index in [1.54, 1.807) is 40.8 Å². The van der Waals surface area contributed by atoms with Crippen LogP contribution in [0.25, 0.3) is 0 Å². The Morgan fingerprint density at radius 1 is 1.11 bits per heavy atom. The van der Waals surface area contributed by atoms with Crippen LogP contribution in [0.4, 0.5) is 5.82 Å². The minimum absolute atomic E-state index is 0. The van der Waals surface area contributed by atoms with Crippen LogP contribution >= 0.6 is 24.0 Å². The Hall–Kier alpha value is -1.72. The van der Waals surface area contributed by atoms with Crippen molar-refractivity contribution in [2.75, 3.05) is 18.4 Å². The number of sulfonamides is 1. The third-order valence-corrected chi connectivity index (χ3v) is 6.14. The Morgan fingerprint density at radius 3 is 2.44 bits per heavy atom. The summed E-state index contributed by atoms with van der Waals surface area (Å²) in [5, 5.41) is 2.90. The Labute approximate surface area is 177 Å². The summed E-state index contributed by atoms with van der Waals surface area (Å²) in [5.74, 6) is 0.880. The van der Waals surface area contributed by atoms with E-state index >= 15 is 0 Å². The molecule has 0 bridgehead atoms. The number of hydrogen-bond acceptors (Lipinski definition) is 4. The first-order chi connectivity index (χ1) is 12.6. The lowest BCUT2D eigenvalue weighted by Gasteiger charge is -2.25. The minimum Gasteiger partial charge on any atom is -0.370 e. The van der Waals surface area contributed by atoms with E-state index < -0.39 is 10.0 Å². The van der Waals surface area contributed by atoms with Crippen LogP contribution in [-0.2, 0) is 16.6 Å². The van der Waals surface area contributed by atoms with Gasteiger partial charge < -0.3 is 11.1 Å². The molecule has 1 fully saturated rings. The molecule has 0 spiro atoms. The van der Waals surface area contributed by atoms with E-state index in [2.05, 4.69) is 15.3 Å². The number of aromatic nitrogens is 1. The van der Waals surface area contributed by atoms with Gasteiger partial charge >= 0.3 is 0 Å². The highest BCUT2D eigenvalue weighted by Gasteiger charge is 2.25. The third kappa shape index (κ3) is 5.88. The van der Waals surface area contributed by atoms with Crippen molar-refractivity contribution in [3.63, 3.8) is 0 Å². The second-order valence-electron chi connectivity index (χ2n) is 6.15. The van der Waals surface area contributed by atoms with Gasteiger partial charge in [-0.05, 0) is 42.7 Å². The molecule has 0 radical (unpaired) electrons. The molecule has 146 valence electrons. The Bertz CT molecular complexity index is 851. The predicted octanol–water partition coefficient (Wildman–Crippen LogP) is 2.80. The number of piperidine rings is 1. The van der Waals surface area contributed by atoms with E-state index in [0.29, 0.717) is 30.3 Å². The highest BCUT2D eigenvalue weighted by molar-refractivity contribution is 14.0. The lowest BCUT2D eigenvalue weighted by atomic mass is 10.2. The van der Waals surface area contributed by atoms with Crippen LogP contribution in [0.5, 0.6) is 0 Å². The fourth-order valence-electron chi connectivity index (χ4n) is 2.81. The van der Waals surface area contributed by atoms with Crippen LogP contribution in [-0.4, -0.2) is 36.8 Å². The summed E-state index contributed by atoms with van der Waals surface area (Å²) in [6, 6.07) is 12.3. The van der Waals surface area contributed by atoms with Crippen LogP contribution in [0.3, 0.4) is 0 Å². The number of anilines is 1. The molecule has 1 aliphatic rings. The number of nitrogens with one attached hydrogen (secondary N) is 1. The van der Waals surface area contributed by atoms with E-state index in [0.717, 1.165) is 24.8 Å². The summed E-state index contributed by atoms with van der Waals surface area (Å²) >= 11 is 0. The van der Waals surface area contributed by atoms with Crippen LogP contribution in [0.1, 0.15) is 24.8 Å². The first-order valence-corrected chi connectivity index (χ1v) is 10.1. The monoisotopic (exact) mass is 501 g/mol. The molecule has 1 aromatic carbocycles. The van der Waals surface area contributed by atoms with Gasteiger partial charge in [0.1, 0.15) is 5.82 Å². The largest absolute Gasteiger partial charge is 0.370 e. The van der Waals surface area contributed by atoms with Crippen molar-refractivity contribution in [2.24, 2.45) is 10.7 Å². The quantitative estimate of drug-likeness (QED) is 0.373. The zero-order valence-electron chi connectivity index (χ0n) is 14.9. The Kier molecular flexibility index (Phi) is 7.99. The van der Waals surface area contributed by atoms with Gasteiger partial charge in [-0.25, -0.2) is 18.4 Å². The summed E-state index contributed by atoms with van der Waals surface area (Å²) in [4.78, 5) is 8.69. The number of benzene rings is 1. The summed E-state index contributed by atoms with van der Waals surface area (Å²) in [6.45, 7) is 1.56. The highest BCUT2D eigenvalue weighted by Crippen LogP contribution is 2.21. The number of rotatable bonds is 5. The molecule has 27 heavy (non-hydrogen) atoms. The van der Waals surface area contributed by atoms with Crippen LogP contribution in [0.2, 0.25) is 0 Å². The van der Waals surface area contributed by atoms with Crippen LogP contribution in [0, 0.1) is 0 Å². The Balaban J connectivity index is 0.00000261. The lowest BCUT2D eigenvalue weighted by Crippen LogP contribution is -2.35. The number of halogens is 1. The maximum absolute atomic E-state index is 12.6.